The lowest BCUT2D eigenvalue weighted by molar-refractivity contribution is 0.0134. The molecule has 2 amide bonds. The van der Waals surface area contributed by atoms with Crippen molar-refractivity contribution in [2.75, 3.05) is 37.5 Å². The van der Waals surface area contributed by atoms with Crippen molar-refractivity contribution in [3.05, 3.63) is 88.8 Å². The molecule has 12 heteroatoms. The van der Waals surface area contributed by atoms with Gasteiger partial charge in [-0.15, -0.1) is 16.1 Å². The second-order valence-electron chi connectivity index (χ2n) is 14.5. The van der Waals surface area contributed by atoms with E-state index in [0.29, 0.717) is 36.2 Å². The Kier molecular flexibility index (Phi) is 9.64. The zero-order chi connectivity index (χ0) is 35.2. The minimum Gasteiger partial charge on any atom is -0.490 e. The van der Waals surface area contributed by atoms with Gasteiger partial charge in [-0.1, -0.05) is 42.8 Å². The average molecular weight is 718 g/mol. The molecular formula is C38H47N5O5S2. The zero-order valence-corrected chi connectivity index (χ0v) is 31.1. The lowest BCUT2D eigenvalue weighted by Crippen LogP contribution is -2.48. The van der Waals surface area contributed by atoms with Crippen LogP contribution in [0.3, 0.4) is 0 Å². The monoisotopic (exact) mass is 717 g/mol. The Hall–Kier alpha value is -3.61. The fourth-order valence-electron chi connectivity index (χ4n) is 7.85. The van der Waals surface area contributed by atoms with Gasteiger partial charge in [-0.2, -0.15) is 5.10 Å². The summed E-state index contributed by atoms with van der Waals surface area (Å²) in [6.07, 6.45) is 10.9. The summed E-state index contributed by atoms with van der Waals surface area (Å²) in [5.41, 5.74) is 5.33. The predicted octanol–water partition coefficient (Wildman–Crippen LogP) is 6.09. The zero-order valence-electron chi connectivity index (χ0n) is 29.5. The van der Waals surface area contributed by atoms with Crippen LogP contribution in [0.4, 0.5) is 5.69 Å². The van der Waals surface area contributed by atoms with E-state index < -0.39 is 27.0 Å². The van der Waals surface area contributed by atoms with Gasteiger partial charge in [0.25, 0.3) is 11.8 Å². The molecule has 2 aromatic carbocycles. The van der Waals surface area contributed by atoms with Crippen molar-refractivity contribution in [3.63, 3.8) is 0 Å². The predicted molar refractivity (Wildman–Crippen MR) is 198 cm³/mol. The number of rotatable bonds is 3. The molecule has 0 saturated heterocycles. The molecule has 1 saturated carbocycles. The number of carbonyl (C=O) groups excluding carboxylic acids is 2. The average Bonchev–Trinajstić information content (AvgIpc) is 3.47. The van der Waals surface area contributed by atoms with Gasteiger partial charge >= 0.3 is 0 Å². The van der Waals surface area contributed by atoms with Gasteiger partial charge in [0.1, 0.15) is 22.3 Å². The molecule has 1 aliphatic carbocycles. The molecule has 0 radical (unpaired) electrons. The Labute approximate surface area is 299 Å². The number of benzene rings is 2. The highest BCUT2D eigenvalue weighted by Crippen LogP contribution is 2.49. The number of carbonyl (C=O) groups is 2. The number of methoxy groups -OCH3 is 1. The largest absolute Gasteiger partial charge is 0.490 e. The first kappa shape index (κ1) is 34.8. The van der Waals surface area contributed by atoms with Crippen LogP contribution < -0.4 is 14.4 Å². The third-order valence-electron chi connectivity index (χ3n) is 11.1. The molecule has 7 unspecified atom stereocenters. The minimum atomic E-state index is -3.58. The van der Waals surface area contributed by atoms with Gasteiger partial charge in [-0.25, -0.2) is 4.21 Å². The molecule has 1 aromatic heterocycles. The number of ether oxygens (including phenoxy) is 2. The molecule has 2 bridgehead atoms. The standard InChI is InChI=1S/C38H47N5O5S2/c1-24-9-13-32-27(17-24)15-16-49-38(32)22-43-21-29-10-12-31(29)34(47-5)8-6-7-25(2)26(3)50(46,41-37(45)30-19-39-42(4)20-30)40-36(44)28-11-14-35(48-23-38)33(43)18-28/h6,8-9,11,13-14,17-20,25-26,29,31,34H,7,10,12,15-16,21-23H2,1-5H3,(H,40,41,44,45,46)/b8-6+. The maximum absolute atomic E-state index is 14.7. The molecule has 1 spiro atoms. The molecular weight excluding hydrogens is 671 g/mol. The third-order valence-corrected chi connectivity index (χ3v) is 15.0. The van der Waals surface area contributed by atoms with E-state index in [4.69, 9.17) is 9.47 Å². The second kappa shape index (κ2) is 13.8. The topological polar surface area (TPSA) is 115 Å². The summed E-state index contributed by atoms with van der Waals surface area (Å²) in [5, 5.41) is 3.44. The van der Waals surface area contributed by atoms with E-state index in [1.54, 1.807) is 33.3 Å². The Morgan fingerprint density at radius 1 is 1.18 bits per heavy atom. The van der Waals surface area contributed by atoms with Crippen molar-refractivity contribution >= 4 is 39.2 Å². The first-order valence-electron chi connectivity index (χ1n) is 17.5. The van der Waals surface area contributed by atoms with Crippen LogP contribution >= 0.6 is 11.8 Å². The first-order chi connectivity index (χ1) is 24.0. The van der Waals surface area contributed by atoms with Crippen LogP contribution in [-0.2, 0) is 32.9 Å². The number of fused-ring (bicyclic) bond motifs is 4. The molecule has 1 fully saturated rings. The van der Waals surface area contributed by atoms with Crippen molar-refractivity contribution < 1.29 is 23.3 Å². The summed E-state index contributed by atoms with van der Waals surface area (Å²) in [6, 6.07) is 12.2. The van der Waals surface area contributed by atoms with E-state index in [0.717, 1.165) is 43.8 Å². The molecule has 1 N–H and O–H groups in total. The Balaban J connectivity index is 1.33. The molecule has 266 valence electrons. The van der Waals surface area contributed by atoms with Crippen LogP contribution in [0.2, 0.25) is 0 Å². The normalized spacial score (nSPS) is 31.7. The lowest BCUT2D eigenvalue weighted by atomic mass is 9.70. The van der Waals surface area contributed by atoms with Crippen LogP contribution in [0, 0.1) is 24.7 Å². The van der Waals surface area contributed by atoms with Gasteiger partial charge in [0.2, 0.25) is 0 Å². The second-order valence-corrected chi connectivity index (χ2v) is 18.2. The molecule has 4 heterocycles. The SMILES string of the molecule is COC1/C=C/CC(C)C(C)S(=O)(NC(=O)c2cnn(C)c2)=NC(=O)c2ccc3c(c2)N(CC2CCC21)CC1(CO3)SCCc2cc(C)ccc21. The number of hydrogen-bond donors (Lipinski definition) is 1. The smallest absolute Gasteiger partial charge is 0.286 e. The van der Waals surface area contributed by atoms with Gasteiger partial charge in [0, 0.05) is 39.0 Å². The summed E-state index contributed by atoms with van der Waals surface area (Å²) < 4.78 is 35.7. The summed E-state index contributed by atoms with van der Waals surface area (Å²) >= 11 is 1.96. The van der Waals surface area contributed by atoms with E-state index in [-0.39, 0.29) is 22.3 Å². The van der Waals surface area contributed by atoms with Crippen molar-refractivity contribution in [3.8, 4) is 5.75 Å². The van der Waals surface area contributed by atoms with Crippen LogP contribution in [0.15, 0.2) is 65.3 Å². The molecule has 4 aliphatic rings. The third kappa shape index (κ3) is 6.62. The van der Waals surface area contributed by atoms with Crippen molar-refractivity contribution in [1.82, 2.24) is 14.5 Å². The fraction of sp³-hybridized carbons (Fsp3) is 0.500. The number of nitrogens with zero attached hydrogens (tertiary/aromatic N) is 4. The van der Waals surface area contributed by atoms with Crippen molar-refractivity contribution in [2.45, 2.75) is 62.6 Å². The summed E-state index contributed by atoms with van der Waals surface area (Å²) in [4.78, 5) is 29.8. The maximum atomic E-state index is 14.7. The first-order valence-corrected chi connectivity index (χ1v) is 20.1. The van der Waals surface area contributed by atoms with Crippen LogP contribution in [-0.4, -0.2) is 69.7 Å². The van der Waals surface area contributed by atoms with E-state index in [2.05, 4.69) is 56.4 Å². The molecule has 50 heavy (non-hydrogen) atoms. The van der Waals surface area contributed by atoms with E-state index in [1.165, 1.54) is 27.6 Å². The maximum Gasteiger partial charge on any atom is 0.286 e. The molecule has 10 nitrogen and oxygen atoms in total. The quantitative estimate of drug-likeness (QED) is 0.324. The Bertz CT molecular complexity index is 1950. The highest BCUT2D eigenvalue weighted by atomic mass is 32.2. The van der Waals surface area contributed by atoms with Gasteiger partial charge in [-0.3, -0.25) is 19.0 Å². The lowest BCUT2D eigenvalue weighted by Gasteiger charge is -2.45. The number of aromatic nitrogens is 2. The minimum absolute atomic E-state index is 0.0548. The molecule has 7 rings (SSSR count). The van der Waals surface area contributed by atoms with Crippen molar-refractivity contribution in [1.29, 1.82) is 0 Å². The number of amides is 2. The van der Waals surface area contributed by atoms with E-state index >= 15 is 0 Å². The number of allylic oxidation sites excluding steroid dienone is 1. The van der Waals surface area contributed by atoms with Gasteiger partial charge in [0.15, 0.2) is 0 Å². The fourth-order valence-corrected chi connectivity index (χ4v) is 11.2. The highest BCUT2D eigenvalue weighted by Gasteiger charge is 2.45. The summed E-state index contributed by atoms with van der Waals surface area (Å²) in [5.74, 6) is 1.06. The van der Waals surface area contributed by atoms with Gasteiger partial charge < -0.3 is 14.4 Å². The summed E-state index contributed by atoms with van der Waals surface area (Å²) in [6.45, 7) is 7.92. The molecule has 7 atom stereocenters. The van der Waals surface area contributed by atoms with Gasteiger partial charge in [0.05, 0.1) is 33.5 Å². The molecule has 3 aromatic rings. The number of nitrogens with one attached hydrogen (secondary N) is 1. The van der Waals surface area contributed by atoms with Crippen LogP contribution in [0.25, 0.3) is 0 Å². The number of hydrogen-bond acceptors (Lipinski definition) is 8. The van der Waals surface area contributed by atoms with E-state index in [1.807, 2.05) is 30.8 Å². The number of aryl methyl sites for hydroxylation is 3. The molecule has 3 aliphatic heterocycles. The number of anilines is 1. The van der Waals surface area contributed by atoms with Crippen LogP contribution in [0.1, 0.15) is 70.5 Å². The van der Waals surface area contributed by atoms with E-state index in [9.17, 15) is 13.8 Å². The summed E-state index contributed by atoms with van der Waals surface area (Å²) in [7, 11) is -0.111. The van der Waals surface area contributed by atoms with Crippen molar-refractivity contribution in [2.24, 2.45) is 29.2 Å². The van der Waals surface area contributed by atoms with Crippen LogP contribution in [0.5, 0.6) is 5.75 Å². The Morgan fingerprint density at radius 2 is 2.02 bits per heavy atom. The van der Waals surface area contributed by atoms with Gasteiger partial charge in [-0.05, 0) is 92.4 Å². The Morgan fingerprint density at radius 3 is 2.76 bits per heavy atom. The highest BCUT2D eigenvalue weighted by molar-refractivity contribution is 8.00. The number of thioether (sulfide) groups is 1.